The molecule has 3 rings (SSSR count). The monoisotopic (exact) mass is 284 g/mol. The summed E-state index contributed by atoms with van der Waals surface area (Å²) >= 11 is 0. The number of benzene rings is 1. The third-order valence-corrected chi connectivity index (χ3v) is 4.03. The van der Waals surface area contributed by atoms with Gasteiger partial charge in [-0.3, -0.25) is 4.79 Å². The quantitative estimate of drug-likeness (QED) is 0.831. The van der Waals surface area contributed by atoms with Crippen LogP contribution in [0.1, 0.15) is 51.9 Å². The van der Waals surface area contributed by atoms with Crippen molar-refractivity contribution < 1.29 is 9.21 Å². The summed E-state index contributed by atoms with van der Waals surface area (Å²) in [4.78, 5) is 12.4. The van der Waals surface area contributed by atoms with Crippen LogP contribution in [0, 0.1) is 13.8 Å². The Morgan fingerprint density at radius 2 is 2.14 bits per heavy atom. The number of hydrogen-bond acceptors (Lipinski definition) is 3. The highest BCUT2D eigenvalue weighted by atomic mass is 16.3. The fourth-order valence-electron chi connectivity index (χ4n) is 3.07. The van der Waals surface area contributed by atoms with Crippen LogP contribution < -0.4 is 11.1 Å². The molecule has 4 nitrogen and oxygen atoms in total. The van der Waals surface area contributed by atoms with Crippen molar-refractivity contribution in [1.29, 1.82) is 0 Å². The number of hydrogen-bond donors (Lipinski definition) is 2. The number of amides is 1. The average molecular weight is 284 g/mol. The van der Waals surface area contributed by atoms with Gasteiger partial charge in [-0.05, 0) is 62.4 Å². The number of anilines is 1. The molecule has 0 saturated carbocycles. The Kier molecular flexibility index (Phi) is 3.45. The van der Waals surface area contributed by atoms with Gasteiger partial charge in [0.15, 0.2) is 5.76 Å². The molecule has 1 aliphatic rings. The fraction of sp³-hybridized carbons (Fsp3) is 0.353. The van der Waals surface area contributed by atoms with Crippen molar-refractivity contribution in [3.05, 3.63) is 52.5 Å². The first-order valence-corrected chi connectivity index (χ1v) is 7.31. The van der Waals surface area contributed by atoms with Crippen LogP contribution in [0.5, 0.6) is 0 Å². The predicted molar refractivity (Wildman–Crippen MR) is 82.2 cm³/mol. The highest BCUT2D eigenvalue weighted by molar-refractivity contribution is 5.93. The predicted octanol–water partition coefficient (Wildman–Crippen LogP) is 3.29. The third-order valence-electron chi connectivity index (χ3n) is 4.03. The largest absolute Gasteiger partial charge is 0.456 e. The Morgan fingerprint density at radius 1 is 1.33 bits per heavy atom. The summed E-state index contributed by atoms with van der Waals surface area (Å²) in [6.07, 6.45) is 3.02. The highest BCUT2D eigenvalue weighted by Crippen LogP contribution is 2.31. The zero-order valence-electron chi connectivity index (χ0n) is 12.4. The number of rotatable bonds is 2. The van der Waals surface area contributed by atoms with Crippen LogP contribution >= 0.6 is 0 Å². The molecule has 2 aromatic rings. The van der Waals surface area contributed by atoms with Crippen LogP contribution in [0.2, 0.25) is 0 Å². The zero-order chi connectivity index (χ0) is 15.0. The topological polar surface area (TPSA) is 68.3 Å². The van der Waals surface area contributed by atoms with E-state index >= 15 is 0 Å². The minimum absolute atomic E-state index is 0.0339. The first-order chi connectivity index (χ1) is 10.0. The molecule has 21 heavy (non-hydrogen) atoms. The molecule has 0 fully saturated rings. The maximum Gasteiger partial charge on any atom is 0.287 e. The van der Waals surface area contributed by atoms with E-state index in [1.54, 1.807) is 0 Å². The van der Waals surface area contributed by atoms with E-state index in [4.69, 9.17) is 10.2 Å². The van der Waals surface area contributed by atoms with Crippen LogP contribution in [0.4, 0.5) is 5.69 Å². The van der Waals surface area contributed by atoms with Crippen LogP contribution in [-0.2, 0) is 6.42 Å². The Labute approximate surface area is 124 Å². The van der Waals surface area contributed by atoms with E-state index in [-0.39, 0.29) is 11.9 Å². The number of carbonyl (C=O) groups excluding carboxylic acids is 1. The number of nitrogen functional groups attached to an aromatic ring is 1. The zero-order valence-corrected chi connectivity index (χ0v) is 12.4. The molecule has 1 aromatic carbocycles. The summed E-state index contributed by atoms with van der Waals surface area (Å²) in [5.74, 6) is 1.03. The van der Waals surface area contributed by atoms with Gasteiger partial charge in [0.1, 0.15) is 5.76 Å². The van der Waals surface area contributed by atoms with Gasteiger partial charge < -0.3 is 15.5 Å². The second kappa shape index (κ2) is 5.28. The molecule has 3 N–H and O–H groups in total. The molecule has 110 valence electrons. The van der Waals surface area contributed by atoms with Crippen LogP contribution in [0.3, 0.4) is 0 Å². The van der Waals surface area contributed by atoms with Crippen molar-refractivity contribution in [2.45, 2.75) is 39.2 Å². The van der Waals surface area contributed by atoms with E-state index in [1.165, 1.54) is 11.1 Å². The van der Waals surface area contributed by atoms with E-state index in [1.807, 2.05) is 38.1 Å². The molecule has 1 atom stereocenters. The van der Waals surface area contributed by atoms with Crippen LogP contribution in [-0.4, -0.2) is 5.91 Å². The van der Waals surface area contributed by atoms with Crippen LogP contribution in [0.25, 0.3) is 0 Å². The molecular weight excluding hydrogens is 264 g/mol. The lowest BCUT2D eigenvalue weighted by Crippen LogP contribution is -2.31. The molecule has 0 bridgehead atoms. The number of carbonyl (C=O) groups is 1. The molecule has 1 aliphatic carbocycles. The maximum atomic E-state index is 12.4. The lowest BCUT2D eigenvalue weighted by Gasteiger charge is -2.26. The van der Waals surface area contributed by atoms with Crippen molar-refractivity contribution in [3.8, 4) is 0 Å². The minimum atomic E-state index is -0.143. The minimum Gasteiger partial charge on any atom is -0.456 e. The van der Waals surface area contributed by atoms with Crippen molar-refractivity contribution in [2.24, 2.45) is 0 Å². The second-order valence-corrected chi connectivity index (χ2v) is 5.75. The number of aryl methyl sites for hydroxylation is 3. The van der Waals surface area contributed by atoms with Gasteiger partial charge in [-0.1, -0.05) is 6.07 Å². The van der Waals surface area contributed by atoms with E-state index in [2.05, 4.69) is 5.32 Å². The summed E-state index contributed by atoms with van der Waals surface area (Å²) in [7, 11) is 0. The van der Waals surface area contributed by atoms with Gasteiger partial charge in [0.2, 0.25) is 0 Å². The summed E-state index contributed by atoms with van der Waals surface area (Å²) < 4.78 is 5.49. The van der Waals surface area contributed by atoms with Crippen molar-refractivity contribution in [2.75, 3.05) is 5.73 Å². The molecule has 0 saturated heterocycles. The smallest absolute Gasteiger partial charge is 0.287 e. The molecule has 1 unspecified atom stereocenters. The van der Waals surface area contributed by atoms with Gasteiger partial charge >= 0.3 is 0 Å². The standard InChI is InChI=1S/C17H20N2O2/c1-10-8-11(2)21-16(10)17(20)19-15-5-3-4-12-9-13(18)6-7-14(12)15/h6-9,15H,3-5,18H2,1-2H3,(H,19,20). The van der Waals surface area contributed by atoms with Crippen molar-refractivity contribution >= 4 is 11.6 Å². The molecule has 1 heterocycles. The highest BCUT2D eigenvalue weighted by Gasteiger charge is 2.24. The van der Waals surface area contributed by atoms with Crippen molar-refractivity contribution in [1.82, 2.24) is 5.32 Å². The normalized spacial score (nSPS) is 17.3. The summed E-state index contributed by atoms with van der Waals surface area (Å²) in [5, 5.41) is 3.09. The lowest BCUT2D eigenvalue weighted by atomic mass is 9.87. The molecule has 1 amide bonds. The summed E-state index contributed by atoms with van der Waals surface area (Å²) in [6, 6.07) is 7.84. The molecular formula is C17H20N2O2. The van der Waals surface area contributed by atoms with Gasteiger partial charge in [0, 0.05) is 11.3 Å². The number of nitrogens with one attached hydrogen (secondary N) is 1. The summed E-state index contributed by atoms with van der Waals surface area (Å²) in [5.41, 5.74) is 9.90. The van der Waals surface area contributed by atoms with E-state index in [0.717, 1.165) is 36.3 Å². The molecule has 1 aromatic heterocycles. The average Bonchev–Trinajstić information content (AvgIpc) is 2.77. The molecule has 4 heteroatoms. The summed E-state index contributed by atoms with van der Waals surface area (Å²) in [6.45, 7) is 3.74. The SMILES string of the molecule is Cc1cc(C)c(C(=O)NC2CCCc3cc(N)ccc32)o1. The Bertz CT molecular complexity index is 688. The first kappa shape index (κ1) is 13.7. The first-order valence-electron chi connectivity index (χ1n) is 7.31. The van der Waals surface area contributed by atoms with Crippen LogP contribution in [0.15, 0.2) is 28.7 Å². The lowest BCUT2D eigenvalue weighted by molar-refractivity contribution is 0.0902. The van der Waals surface area contributed by atoms with Gasteiger partial charge in [0.05, 0.1) is 6.04 Å². The number of furan rings is 1. The third kappa shape index (κ3) is 2.66. The molecule has 0 radical (unpaired) electrons. The van der Waals surface area contributed by atoms with Gasteiger partial charge in [-0.25, -0.2) is 0 Å². The van der Waals surface area contributed by atoms with E-state index in [0.29, 0.717) is 5.76 Å². The van der Waals surface area contributed by atoms with Gasteiger partial charge in [-0.2, -0.15) is 0 Å². The van der Waals surface area contributed by atoms with Crippen molar-refractivity contribution in [3.63, 3.8) is 0 Å². The van der Waals surface area contributed by atoms with E-state index in [9.17, 15) is 4.79 Å². The fourth-order valence-corrected chi connectivity index (χ4v) is 3.07. The maximum absolute atomic E-state index is 12.4. The van der Waals surface area contributed by atoms with Gasteiger partial charge in [-0.15, -0.1) is 0 Å². The van der Waals surface area contributed by atoms with Gasteiger partial charge in [0.25, 0.3) is 5.91 Å². The Hall–Kier alpha value is -2.23. The number of fused-ring (bicyclic) bond motifs is 1. The van der Waals surface area contributed by atoms with E-state index < -0.39 is 0 Å². The second-order valence-electron chi connectivity index (χ2n) is 5.75. The molecule has 0 aliphatic heterocycles. The number of nitrogens with two attached hydrogens (primary N) is 1. The Morgan fingerprint density at radius 3 is 2.86 bits per heavy atom. The molecule has 0 spiro atoms. The Balaban J connectivity index is 1.83.